The van der Waals surface area contributed by atoms with Crippen LogP contribution in [-0.2, 0) is 11.2 Å². The Labute approximate surface area is 107 Å². The van der Waals surface area contributed by atoms with Gasteiger partial charge in [-0.3, -0.25) is 4.79 Å². The Kier molecular flexibility index (Phi) is 5.96. The number of Topliss-reactive ketones (excluding diaryl/α,β-unsaturated/α-hetero) is 1. The van der Waals surface area contributed by atoms with Gasteiger partial charge in [0.1, 0.15) is 17.4 Å². The normalized spacial score (nSPS) is 12.4. The van der Waals surface area contributed by atoms with E-state index in [0.717, 1.165) is 25.7 Å². The second kappa shape index (κ2) is 7.24. The van der Waals surface area contributed by atoms with Gasteiger partial charge in [0.05, 0.1) is 0 Å². The lowest BCUT2D eigenvalue weighted by atomic mass is 9.91. The van der Waals surface area contributed by atoms with Crippen molar-refractivity contribution in [2.75, 3.05) is 0 Å². The van der Waals surface area contributed by atoms with E-state index in [1.54, 1.807) is 0 Å². The van der Waals surface area contributed by atoms with Crippen molar-refractivity contribution < 1.29 is 13.6 Å². The number of hydrogen-bond acceptors (Lipinski definition) is 1. The fraction of sp³-hybridized carbons (Fsp3) is 0.533. The zero-order valence-corrected chi connectivity index (χ0v) is 11.0. The number of hydrogen-bond donors (Lipinski definition) is 0. The summed E-state index contributed by atoms with van der Waals surface area (Å²) in [5, 5.41) is 0. The first-order valence-corrected chi connectivity index (χ1v) is 6.55. The van der Waals surface area contributed by atoms with Crippen molar-refractivity contribution in [2.45, 2.75) is 46.0 Å². The molecule has 0 heterocycles. The first-order valence-electron chi connectivity index (χ1n) is 6.55. The van der Waals surface area contributed by atoms with Gasteiger partial charge in [0, 0.05) is 17.9 Å². The van der Waals surface area contributed by atoms with Crippen LogP contribution in [0.2, 0.25) is 0 Å². The van der Waals surface area contributed by atoms with Gasteiger partial charge in [-0.25, -0.2) is 8.78 Å². The van der Waals surface area contributed by atoms with Crippen molar-refractivity contribution >= 4 is 5.78 Å². The highest BCUT2D eigenvalue weighted by atomic mass is 19.1. The van der Waals surface area contributed by atoms with Crippen molar-refractivity contribution in [1.82, 2.24) is 0 Å². The Bertz CT molecular complexity index is 381. The number of rotatable bonds is 7. The summed E-state index contributed by atoms with van der Waals surface area (Å²) in [6, 6.07) is 3.70. The van der Waals surface area contributed by atoms with Crippen LogP contribution in [0.1, 0.15) is 45.1 Å². The number of carbonyl (C=O) groups is 1. The van der Waals surface area contributed by atoms with E-state index in [9.17, 15) is 13.6 Å². The highest BCUT2D eigenvalue weighted by Gasteiger charge is 2.19. The molecule has 0 spiro atoms. The van der Waals surface area contributed by atoms with Crippen LogP contribution in [0.3, 0.4) is 0 Å². The minimum atomic E-state index is -0.631. The van der Waals surface area contributed by atoms with Gasteiger partial charge in [-0.2, -0.15) is 0 Å². The molecule has 1 aromatic carbocycles. The molecule has 0 N–H and O–H groups in total. The van der Waals surface area contributed by atoms with E-state index >= 15 is 0 Å². The topological polar surface area (TPSA) is 17.1 Å². The van der Waals surface area contributed by atoms with Gasteiger partial charge < -0.3 is 0 Å². The molecule has 0 aliphatic rings. The molecule has 0 saturated carbocycles. The van der Waals surface area contributed by atoms with Crippen molar-refractivity contribution in [3.8, 4) is 0 Å². The molecule has 0 bridgehead atoms. The van der Waals surface area contributed by atoms with E-state index in [1.165, 1.54) is 18.2 Å². The minimum absolute atomic E-state index is 0.0602. The first-order chi connectivity index (χ1) is 8.60. The second-order valence-electron chi connectivity index (χ2n) is 4.59. The Morgan fingerprint density at radius 2 is 1.83 bits per heavy atom. The van der Waals surface area contributed by atoms with Crippen LogP contribution in [0.25, 0.3) is 0 Å². The molecule has 0 saturated heterocycles. The maximum Gasteiger partial charge on any atom is 0.140 e. The third-order valence-electron chi connectivity index (χ3n) is 3.27. The number of unbranched alkanes of at least 4 members (excludes halogenated alkanes) is 1. The Balaban J connectivity index is 2.73. The van der Waals surface area contributed by atoms with Crippen LogP contribution >= 0.6 is 0 Å². The minimum Gasteiger partial charge on any atom is -0.299 e. The maximum absolute atomic E-state index is 13.4. The molecule has 0 aliphatic carbocycles. The van der Waals surface area contributed by atoms with E-state index in [-0.39, 0.29) is 23.7 Å². The summed E-state index contributed by atoms with van der Waals surface area (Å²) in [6.07, 6.45) is 3.40. The molecule has 1 atom stereocenters. The fourth-order valence-corrected chi connectivity index (χ4v) is 2.06. The summed E-state index contributed by atoms with van der Waals surface area (Å²) in [5.74, 6) is -1.40. The van der Waals surface area contributed by atoms with E-state index in [4.69, 9.17) is 0 Å². The summed E-state index contributed by atoms with van der Waals surface area (Å²) in [6.45, 7) is 4.00. The van der Waals surface area contributed by atoms with E-state index in [2.05, 4.69) is 6.92 Å². The lowest BCUT2D eigenvalue weighted by Gasteiger charge is -2.13. The summed E-state index contributed by atoms with van der Waals surface area (Å²) < 4.78 is 26.9. The SMILES string of the molecule is CCCCC(CC)C(=O)Cc1c(F)cccc1F. The van der Waals surface area contributed by atoms with Crippen LogP contribution in [0.15, 0.2) is 18.2 Å². The highest BCUT2D eigenvalue weighted by Crippen LogP contribution is 2.19. The molecule has 1 nitrogen and oxygen atoms in total. The number of carbonyl (C=O) groups excluding carboxylic acids is 1. The predicted octanol–water partition coefficient (Wildman–Crippen LogP) is 4.29. The molecule has 0 aliphatic heterocycles. The highest BCUT2D eigenvalue weighted by molar-refractivity contribution is 5.83. The average Bonchev–Trinajstić information content (AvgIpc) is 2.35. The molecular weight excluding hydrogens is 234 g/mol. The molecule has 0 aromatic heterocycles. The monoisotopic (exact) mass is 254 g/mol. The van der Waals surface area contributed by atoms with Crippen LogP contribution in [-0.4, -0.2) is 5.78 Å². The van der Waals surface area contributed by atoms with Crippen LogP contribution < -0.4 is 0 Å². The Morgan fingerprint density at radius 1 is 1.22 bits per heavy atom. The molecule has 0 fully saturated rings. The number of benzene rings is 1. The summed E-state index contributed by atoms with van der Waals surface area (Å²) in [4.78, 5) is 12.0. The molecular formula is C15H20F2O. The largest absolute Gasteiger partial charge is 0.299 e. The Hall–Kier alpha value is -1.25. The lowest BCUT2D eigenvalue weighted by molar-refractivity contribution is -0.122. The smallest absolute Gasteiger partial charge is 0.140 e. The van der Waals surface area contributed by atoms with Crippen molar-refractivity contribution in [2.24, 2.45) is 5.92 Å². The molecule has 1 unspecified atom stereocenters. The van der Waals surface area contributed by atoms with Crippen molar-refractivity contribution in [3.63, 3.8) is 0 Å². The third-order valence-corrected chi connectivity index (χ3v) is 3.27. The molecule has 100 valence electrons. The summed E-state index contributed by atoms with van der Waals surface area (Å²) >= 11 is 0. The van der Waals surface area contributed by atoms with Gasteiger partial charge in [0.25, 0.3) is 0 Å². The molecule has 0 amide bonds. The standard InChI is InChI=1S/C15H20F2O/c1-3-5-7-11(4-2)15(18)10-12-13(16)8-6-9-14(12)17/h6,8-9,11H,3-5,7,10H2,1-2H3. The van der Waals surface area contributed by atoms with Crippen LogP contribution in [0.5, 0.6) is 0 Å². The average molecular weight is 254 g/mol. The molecule has 3 heteroatoms. The maximum atomic E-state index is 13.4. The van der Waals surface area contributed by atoms with Gasteiger partial charge in [0.2, 0.25) is 0 Å². The van der Waals surface area contributed by atoms with Gasteiger partial charge in [-0.05, 0) is 25.0 Å². The summed E-state index contributed by atoms with van der Waals surface area (Å²) in [7, 11) is 0. The van der Waals surface area contributed by atoms with Crippen LogP contribution in [0, 0.1) is 17.6 Å². The van der Waals surface area contributed by atoms with Crippen LogP contribution in [0.4, 0.5) is 8.78 Å². The molecule has 0 radical (unpaired) electrons. The van der Waals surface area contributed by atoms with Gasteiger partial charge in [0.15, 0.2) is 0 Å². The quantitative estimate of drug-likeness (QED) is 0.709. The Morgan fingerprint density at radius 3 is 2.33 bits per heavy atom. The third kappa shape index (κ3) is 3.90. The zero-order valence-electron chi connectivity index (χ0n) is 11.0. The number of halogens is 2. The van der Waals surface area contributed by atoms with E-state index in [1.807, 2.05) is 6.92 Å². The summed E-state index contributed by atoms with van der Waals surface area (Å²) in [5.41, 5.74) is -0.0996. The van der Waals surface area contributed by atoms with E-state index in [0.29, 0.717) is 0 Å². The van der Waals surface area contributed by atoms with Gasteiger partial charge in [-0.15, -0.1) is 0 Å². The fourth-order valence-electron chi connectivity index (χ4n) is 2.06. The van der Waals surface area contributed by atoms with E-state index < -0.39 is 11.6 Å². The predicted molar refractivity (Wildman–Crippen MR) is 68.4 cm³/mol. The first kappa shape index (κ1) is 14.8. The van der Waals surface area contributed by atoms with Gasteiger partial charge >= 0.3 is 0 Å². The molecule has 18 heavy (non-hydrogen) atoms. The molecule has 1 rings (SSSR count). The molecule has 1 aromatic rings. The van der Waals surface area contributed by atoms with Crippen molar-refractivity contribution in [3.05, 3.63) is 35.4 Å². The lowest BCUT2D eigenvalue weighted by Crippen LogP contribution is -2.17. The zero-order chi connectivity index (χ0) is 13.5. The van der Waals surface area contributed by atoms with Crippen molar-refractivity contribution in [1.29, 1.82) is 0 Å². The number of ketones is 1. The van der Waals surface area contributed by atoms with Gasteiger partial charge in [-0.1, -0.05) is 32.8 Å². The second-order valence-corrected chi connectivity index (χ2v) is 4.59.